The number of carbonyl (C=O) groups excluding carboxylic acids is 2. The molecule has 0 aliphatic carbocycles. The highest BCUT2D eigenvalue weighted by atomic mass is 35.5. The van der Waals surface area contributed by atoms with Crippen LogP contribution >= 0.6 is 11.6 Å². The molecule has 1 unspecified atom stereocenters. The van der Waals surface area contributed by atoms with Crippen molar-refractivity contribution in [2.75, 3.05) is 26.9 Å². The van der Waals surface area contributed by atoms with Gasteiger partial charge in [0.1, 0.15) is 11.5 Å². The molecule has 3 rings (SSSR count). The smallest absolute Gasteiger partial charge is 0.295 e. The number of methoxy groups -OCH3 is 1. The van der Waals surface area contributed by atoms with Gasteiger partial charge in [0.15, 0.2) is 0 Å². The average Bonchev–Trinajstić information content (AvgIpc) is 3.00. The third-order valence-electron chi connectivity index (χ3n) is 4.93. The van der Waals surface area contributed by atoms with Crippen LogP contribution in [0, 0.1) is 5.92 Å². The van der Waals surface area contributed by atoms with Crippen LogP contribution in [0.4, 0.5) is 0 Å². The van der Waals surface area contributed by atoms with Gasteiger partial charge < -0.3 is 19.5 Å². The molecule has 6 nitrogen and oxygen atoms in total. The molecule has 1 N–H and O–H groups in total. The zero-order valence-electron chi connectivity index (χ0n) is 17.8. The third kappa shape index (κ3) is 5.09. The molecule has 1 saturated heterocycles. The number of ether oxygens (including phenoxy) is 2. The molecule has 1 aliphatic heterocycles. The number of nitrogens with zero attached hydrogens (tertiary/aromatic N) is 1. The summed E-state index contributed by atoms with van der Waals surface area (Å²) in [6.45, 7) is 5.10. The van der Waals surface area contributed by atoms with Crippen LogP contribution in [0.3, 0.4) is 0 Å². The lowest BCUT2D eigenvalue weighted by Crippen LogP contribution is -2.32. The van der Waals surface area contributed by atoms with E-state index in [2.05, 4.69) is 13.8 Å². The van der Waals surface area contributed by atoms with Gasteiger partial charge in [0, 0.05) is 24.2 Å². The third-order valence-corrected chi connectivity index (χ3v) is 5.17. The van der Waals surface area contributed by atoms with Crippen LogP contribution in [0.5, 0.6) is 5.75 Å². The van der Waals surface area contributed by atoms with Gasteiger partial charge in [-0.15, -0.1) is 0 Å². The Morgan fingerprint density at radius 1 is 1.16 bits per heavy atom. The van der Waals surface area contributed by atoms with E-state index in [0.717, 1.165) is 0 Å². The van der Waals surface area contributed by atoms with E-state index in [1.54, 1.807) is 36.4 Å². The quantitative estimate of drug-likeness (QED) is 0.370. The van der Waals surface area contributed by atoms with E-state index in [1.165, 1.54) is 12.0 Å². The molecule has 2 aromatic carbocycles. The van der Waals surface area contributed by atoms with Crippen molar-refractivity contribution >= 4 is 29.1 Å². The molecule has 0 saturated carbocycles. The molecule has 1 atom stereocenters. The Kier molecular flexibility index (Phi) is 7.36. The van der Waals surface area contributed by atoms with E-state index in [9.17, 15) is 14.7 Å². The second-order valence-corrected chi connectivity index (χ2v) is 8.21. The predicted molar refractivity (Wildman–Crippen MR) is 119 cm³/mol. The van der Waals surface area contributed by atoms with Gasteiger partial charge in [-0.3, -0.25) is 9.59 Å². The van der Waals surface area contributed by atoms with Crippen molar-refractivity contribution in [2.24, 2.45) is 5.92 Å². The first kappa shape index (κ1) is 22.8. The number of Topliss-reactive ketones (excluding diaryl/α,β-unsaturated/α-hetero) is 1. The summed E-state index contributed by atoms with van der Waals surface area (Å²) in [5.74, 6) is -0.712. The van der Waals surface area contributed by atoms with Gasteiger partial charge in [-0.1, -0.05) is 49.7 Å². The Bertz CT molecular complexity index is 1000. The van der Waals surface area contributed by atoms with Crippen molar-refractivity contribution in [3.05, 3.63) is 70.3 Å². The minimum atomic E-state index is -0.767. The van der Waals surface area contributed by atoms with Crippen LogP contribution in [-0.2, 0) is 14.3 Å². The largest absolute Gasteiger partial charge is 0.507 e. The van der Waals surface area contributed by atoms with Gasteiger partial charge >= 0.3 is 0 Å². The molecular formula is C24H26ClNO5. The van der Waals surface area contributed by atoms with Crippen LogP contribution in [-0.4, -0.2) is 48.6 Å². The van der Waals surface area contributed by atoms with Crippen LogP contribution < -0.4 is 4.74 Å². The predicted octanol–water partition coefficient (Wildman–Crippen LogP) is 4.44. The SMILES string of the molecule is COCCN1C(=O)C(=O)/C(=C(\O)c2cccc(Cl)c2)C1c1cccc(OCC(C)C)c1. The maximum Gasteiger partial charge on any atom is 0.295 e. The van der Waals surface area contributed by atoms with Crippen molar-refractivity contribution in [1.82, 2.24) is 4.90 Å². The van der Waals surface area contributed by atoms with Gasteiger partial charge in [0.25, 0.3) is 11.7 Å². The number of aliphatic hydroxyl groups is 1. The number of rotatable bonds is 8. The van der Waals surface area contributed by atoms with E-state index in [4.69, 9.17) is 21.1 Å². The van der Waals surface area contributed by atoms with Crippen LogP contribution in [0.2, 0.25) is 5.02 Å². The van der Waals surface area contributed by atoms with Crippen LogP contribution in [0.25, 0.3) is 5.76 Å². The molecule has 0 radical (unpaired) electrons. The average molecular weight is 444 g/mol. The number of hydrogen-bond donors (Lipinski definition) is 1. The standard InChI is InChI=1S/C24H26ClNO5/c1-15(2)14-31-19-9-5-6-16(13-19)21-20(22(27)17-7-4-8-18(25)12-17)23(28)24(29)26(21)10-11-30-3/h4-9,12-13,15,21,27H,10-11,14H2,1-3H3/b22-20-. The second-order valence-electron chi connectivity index (χ2n) is 7.77. The molecule has 1 heterocycles. The fourth-order valence-corrected chi connectivity index (χ4v) is 3.67. The fraction of sp³-hybridized carbons (Fsp3) is 0.333. The summed E-state index contributed by atoms with van der Waals surface area (Å²) in [6.07, 6.45) is 0. The first-order chi connectivity index (χ1) is 14.8. The molecule has 7 heteroatoms. The molecule has 0 spiro atoms. The first-order valence-electron chi connectivity index (χ1n) is 10.1. The minimum absolute atomic E-state index is 0.0179. The van der Waals surface area contributed by atoms with Gasteiger partial charge in [-0.05, 0) is 35.7 Å². The first-order valence-corrected chi connectivity index (χ1v) is 10.5. The van der Waals surface area contributed by atoms with Crippen LogP contribution in [0.15, 0.2) is 54.1 Å². The highest BCUT2D eigenvalue weighted by Crippen LogP contribution is 2.40. The number of ketones is 1. The summed E-state index contributed by atoms with van der Waals surface area (Å²) in [7, 11) is 1.53. The van der Waals surface area contributed by atoms with E-state index < -0.39 is 17.7 Å². The molecule has 0 aromatic heterocycles. The number of hydrogen-bond acceptors (Lipinski definition) is 5. The topological polar surface area (TPSA) is 76.1 Å². The van der Waals surface area contributed by atoms with Gasteiger partial charge in [0.2, 0.25) is 0 Å². The highest BCUT2D eigenvalue weighted by Gasteiger charge is 2.46. The minimum Gasteiger partial charge on any atom is -0.507 e. The molecule has 0 bridgehead atoms. The van der Waals surface area contributed by atoms with Gasteiger partial charge in [-0.2, -0.15) is 0 Å². The summed E-state index contributed by atoms with van der Waals surface area (Å²) in [6, 6.07) is 13.0. The zero-order chi connectivity index (χ0) is 22.5. The second kappa shape index (κ2) is 9.98. The number of amides is 1. The number of benzene rings is 2. The summed E-state index contributed by atoms with van der Waals surface area (Å²) in [4.78, 5) is 27.2. The maximum absolute atomic E-state index is 12.9. The van der Waals surface area contributed by atoms with E-state index in [-0.39, 0.29) is 24.5 Å². The van der Waals surface area contributed by atoms with E-state index in [0.29, 0.717) is 34.4 Å². The normalized spacial score (nSPS) is 18.1. The van der Waals surface area contributed by atoms with Crippen molar-refractivity contribution < 1.29 is 24.2 Å². The number of halogens is 1. The molecule has 164 valence electrons. The lowest BCUT2D eigenvalue weighted by atomic mass is 9.95. The lowest BCUT2D eigenvalue weighted by Gasteiger charge is -2.25. The molecular weight excluding hydrogens is 418 g/mol. The van der Waals surface area contributed by atoms with E-state index in [1.807, 2.05) is 12.1 Å². The summed E-state index contributed by atoms with van der Waals surface area (Å²) >= 11 is 6.06. The number of likely N-dealkylation sites (tertiary alicyclic amines) is 1. The van der Waals surface area contributed by atoms with E-state index >= 15 is 0 Å². The fourth-order valence-electron chi connectivity index (χ4n) is 3.48. The molecule has 1 aliphatic rings. The Morgan fingerprint density at radius 2 is 1.90 bits per heavy atom. The summed E-state index contributed by atoms with van der Waals surface area (Å²) in [5, 5.41) is 11.4. The van der Waals surface area contributed by atoms with Crippen molar-refractivity contribution in [3.63, 3.8) is 0 Å². The summed E-state index contributed by atoms with van der Waals surface area (Å²) in [5.41, 5.74) is 1.05. The number of aliphatic hydroxyl groups excluding tert-OH is 1. The zero-order valence-corrected chi connectivity index (χ0v) is 18.6. The van der Waals surface area contributed by atoms with Crippen molar-refractivity contribution in [2.45, 2.75) is 19.9 Å². The Hall–Kier alpha value is -2.83. The number of carbonyl (C=O) groups is 2. The monoisotopic (exact) mass is 443 g/mol. The highest BCUT2D eigenvalue weighted by molar-refractivity contribution is 6.46. The Morgan fingerprint density at radius 3 is 2.58 bits per heavy atom. The molecule has 31 heavy (non-hydrogen) atoms. The van der Waals surface area contributed by atoms with Crippen molar-refractivity contribution in [1.29, 1.82) is 0 Å². The molecule has 2 aromatic rings. The lowest BCUT2D eigenvalue weighted by molar-refractivity contribution is -0.140. The summed E-state index contributed by atoms with van der Waals surface area (Å²) < 4.78 is 11.0. The van der Waals surface area contributed by atoms with Gasteiger partial charge in [0.05, 0.1) is 24.8 Å². The Labute approximate surface area is 187 Å². The van der Waals surface area contributed by atoms with Crippen LogP contribution in [0.1, 0.15) is 31.0 Å². The van der Waals surface area contributed by atoms with Crippen molar-refractivity contribution in [3.8, 4) is 5.75 Å². The Balaban J connectivity index is 2.11. The van der Waals surface area contributed by atoms with Gasteiger partial charge in [-0.25, -0.2) is 0 Å². The maximum atomic E-state index is 12.9. The molecule has 1 fully saturated rings. The molecule has 1 amide bonds.